The highest BCUT2D eigenvalue weighted by Crippen LogP contribution is 2.28. The topological polar surface area (TPSA) is 100 Å². The van der Waals surface area contributed by atoms with E-state index in [1.165, 1.54) is 12.1 Å². The van der Waals surface area contributed by atoms with Crippen molar-refractivity contribution in [3.8, 4) is 11.4 Å². The zero-order valence-electron chi connectivity index (χ0n) is 18.0. The standard InChI is InChI=1S/C24H24FN5O3/c25-19-5-1-3-17(12-19)21-28-23(33-29-21)18-4-2-10-30(14-18)24(32)27-13-15-6-7-16-8-9-26-22(31)20(16)11-15/h1,3,5-7,11-12,18H,2,4,8-10,13-14H2,(H,26,31)(H,27,32). The Morgan fingerprint density at radius 3 is 3.06 bits per heavy atom. The van der Waals surface area contributed by atoms with Crippen LogP contribution < -0.4 is 10.6 Å². The Hall–Kier alpha value is -3.75. The maximum Gasteiger partial charge on any atom is 0.317 e. The van der Waals surface area contributed by atoms with Gasteiger partial charge in [0.2, 0.25) is 11.7 Å². The molecule has 1 saturated heterocycles. The van der Waals surface area contributed by atoms with Crippen molar-refractivity contribution in [3.63, 3.8) is 0 Å². The molecule has 3 aromatic rings. The first-order valence-corrected chi connectivity index (χ1v) is 11.1. The smallest absolute Gasteiger partial charge is 0.317 e. The first kappa shape index (κ1) is 21.1. The molecule has 1 unspecified atom stereocenters. The molecule has 5 rings (SSSR count). The number of amides is 3. The average molecular weight is 449 g/mol. The SMILES string of the molecule is O=C1NCCc2ccc(CNC(=O)N3CCCC(c4nc(-c5cccc(F)c5)no4)C3)cc21. The second-order valence-corrected chi connectivity index (χ2v) is 8.41. The third kappa shape index (κ3) is 4.57. The predicted molar refractivity (Wildman–Crippen MR) is 118 cm³/mol. The fourth-order valence-corrected chi connectivity index (χ4v) is 4.37. The van der Waals surface area contributed by atoms with E-state index in [0.717, 1.165) is 30.4 Å². The molecule has 0 aliphatic carbocycles. The Balaban J connectivity index is 1.21. The highest BCUT2D eigenvalue weighted by atomic mass is 19.1. The monoisotopic (exact) mass is 449 g/mol. The minimum Gasteiger partial charge on any atom is -0.352 e. The molecule has 0 saturated carbocycles. The van der Waals surface area contributed by atoms with Crippen molar-refractivity contribution in [2.45, 2.75) is 31.7 Å². The van der Waals surface area contributed by atoms with E-state index < -0.39 is 0 Å². The second kappa shape index (κ2) is 9.01. The van der Waals surface area contributed by atoms with Crippen molar-refractivity contribution in [1.82, 2.24) is 25.7 Å². The summed E-state index contributed by atoms with van der Waals surface area (Å²) in [5, 5.41) is 9.78. The highest BCUT2D eigenvalue weighted by Gasteiger charge is 2.29. The van der Waals surface area contributed by atoms with Gasteiger partial charge in [0.15, 0.2) is 0 Å². The van der Waals surface area contributed by atoms with Crippen LogP contribution in [0.3, 0.4) is 0 Å². The number of nitrogens with one attached hydrogen (secondary N) is 2. The molecule has 2 aliphatic rings. The number of nitrogens with zero attached hydrogens (tertiary/aromatic N) is 3. The largest absolute Gasteiger partial charge is 0.352 e. The van der Waals surface area contributed by atoms with Crippen molar-refractivity contribution >= 4 is 11.9 Å². The number of rotatable bonds is 4. The maximum absolute atomic E-state index is 13.5. The lowest BCUT2D eigenvalue weighted by molar-refractivity contribution is 0.0946. The van der Waals surface area contributed by atoms with Crippen molar-refractivity contribution in [2.75, 3.05) is 19.6 Å². The number of carbonyl (C=O) groups is 2. The van der Waals surface area contributed by atoms with Gasteiger partial charge in [-0.1, -0.05) is 29.4 Å². The number of carbonyl (C=O) groups excluding carboxylic acids is 2. The van der Waals surface area contributed by atoms with Gasteiger partial charge in [-0.15, -0.1) is 0 Å². The van der Waals surface area contributed by atoms with E-state index in [-0.39, 0.29) is 23.7 Å². The number of halogens is 1. The van der Waals surface area contributed by atoms with Gasteiger partial charge in [-0.3, -0.25) is 4.79 Å². The van der Waals surface area contributed by atoms with E-state index in [9.17, 15) is 14.0 Å². The van der Waals surface area contributed by atoms with Crippen LogP contribution in [0.5, 0.6) is 0 Å². The summed E-state index contributed by atoms with van der Waals surface area (Å²) in [6.45, 7) is 2.09. The quantitative estimate of drug-likeness (QED) is 0.637. The van der Waals surface area contributed by atoms with E-state index >= 15 is 0 Å². The van der Waals surface area contributed by atoms with Crippen molar-refractivity contribution in [2.24, 2.45) is 0 Å². The van der Waals surface area contributed by atoms with Crippen LogP contribution in [0.4, 0.5) is 9.18 Å². The molecular formula is C24H24FN5O3. The van der Waals surface area contributed by atoms with Gasteiger partial charge in [0, 0.05) is 37.3 Å². The van der Waals surface area contributed by atoms with E-state index in [4.69, 9.17) is 4.52 Å². The van der Waals surface area contributed by atoms with Crippen LogP contribution in [-0.2, 0) is 13.0 Å². The molecule has 1 atom stereocenters. The molecule has 0 bridgehead atoms. The molecule has 2 aromatic carbocycles. The van der Waals surface area contributed by atoms with Crippen LogP contribution in [0.2, 0.25) is 0 Å². The molecular weight excluding hydrogens is 425 g/mol. The zero-order chi connectivity index (χ0) is 22.8. The molecule has 0 spiro atoms. The number of likely N-dealkylation sites (tertiary alicyclic amines) is 1. The van der Waals surface area contributed by atoms with Crippen LogP contribution in [0, 0.1) is 5.82 Å². The lowest BCUT2D eigenvalue weighted by Crippen LogP contribution is -2.44. The van der Waals surface area contributed by atoms with Gasteiger partial charge >= 0.3 is 6.03 Å². The summed E-state index contributed by atoms with van der Waals surface area (Å²) in [5.41, 5.74) is 3.14. The van der Waals surface area contributed by atoms with E-state index in [1.54, 1.807) is 17.0 Å². The molecule has 2 aliphatic heterocycles. The van der Waals surface area contributed by atoms with E-state index in [2.05, 4.69) is 20.8 Å². The van der Waals surface area contributed by atoms with Gasteiger partial charge in [-0.05, 0) is 48.6 Å². The Kier molecular flexibility index (Phi) is 5.77. The Morgan fingerprint density at radius 2 is 2.18 bits per heavy atom. The molecule has 3 heterocycles. The van der Waals surface area contributed by atoms with Gasteiger partial charge in [0.1, 0.15) is 5.82 Å². The second-order valence-electron chi connectivity index (χ2n) is 8.41. The van der Waals surface area contributed by atoms with Crippen LogP contribution in [0.1, 0.15) is 46.1 Å². The number of fused-ring (bicyclic) bond motifs is 1. The van der Waals surface area contributed by atoms with Crippen LogP contribution in [0.15, 0.2) is 47.0 Å². The lowest BCUT2D eigenvalue weighted by Gasteiger charge is -2.31. The summed E-state index contributed by atoms with van der Waals surface area (Å²) in [5.74, 6) is 0.279. The van der Waals surface area contributed by atoms with E-state index in [1.807, 2.05) is 18.2 Å². The fraction of sp³-hybridized carbons (Fsp3) is 0.333. The van der Waals surface area contributed by atoms with Crippen molar-refractivity contribution < 1.29 is 18.5 Å². The lowest BCUT2D eigenvalue weighted by atomic mass is 9.97. The number of urea groups is 1. The van der Waals surface area contributed by atoms with Gasteiger partial charge in [0.05, 0.1) is 5.92 Å². The highest BCUT2D eigenvalue weighted by molar-refractivity contribution is 5.96. The minimum absolute atomic E-state index is 0.0690. The summed E-state index contributed by atoms with van der Waals surface area (Å²) in [6.07, 6.45) is 2.46. The van der Waals surface area contributed by atoms with Gasteiger partial charge in [-0.25, -0.2) is 9.18 Å². The minimum atomic E-state index is -0.362. The molecule has 3 amide bonds. The normalized spacial score (nSPS) is 17.9. The first-order valence-electron chi connectivity index (χ1n) is 11.1. The Morgan fingerprint density at radius 1 is 1.27 bits per heavy atom. The summed E-state index contributed by atoms with van der Waals surface area (Å²) in [4.78, 5) is 31.0. The molecule has 9 heteroatoms. The molecule has 8 nitrogen and oxygen atoms in total. The molecule has 170 valence electrons. The Labute approximate surface area is 190 Å². The number of piperidine rings is 1. The Bertz CT molecular complexity index is 1190. The van der Waals surface area contributed by atoms with Crippen LogP contribution >= 0.6 is 0 Å². The number of benzene rings is 2. The number of hydrogen-bond donors (Lipinski definition) is 2. The third-order valence-corrected chi connectivity index (χ3v) is 6.12. The molecule has 1 fully saturated rings. The van der Waals surface area contributed by atoms with E-state index in [0.29, 0.717) is 49.0 Å². The van der Waals surface area contributed by atoms with Crippen molar-refractivity contribution in [1.29, 1.82) is 0 Å². The maximum atomic E-state index is 13.5. The fourth-order valence-electron chi connectivity index (χ4n) is 4.37. The van der Waals surface area contributed by atoms with Gasteiger partial charge in [0.25, 0.3) is 5.91 Å². The summed E-state index contributed by atoms with van der Waals surface area (Å²) in [6, 6.07) is 11.6. The van der Waals surface area contributed by atoms with Crippen LogP contribution in [-0.4, -0.2) is 46.6 Å². The molecule has 33 heavy (non-hydrogen) atoms. The summed E-state index contributed by atoms with van der Waals surface area (Å²) >= 11 is 0. The van der Waals surface area contributed by atoms with Gasteiger partial charge in [-0.2, -0.15) is 4.98 Å². The molecule has 0 radical (unpaired) electrons. The first-order chi connectivity index (χ1) is 16.1. The molecule has 2 N–H and O–H groups in total. The average Bonchev–Trinajstić information content (AvgIpc) is 3.34. The predicted octanol–water partition coefficient (Wildman–Crippen LogP) is 3.25. The van der Waals surface area contributed by atoms with Crippen LogP contribution in [0.25, 0.3) is 11.4 Å². The third-order valence-electron chi connectivity index (χ3n) is 6.12. The zero-order valence-corrected chi connectivity index (χ0v) is 18.0. The van der Waals surface area contributed by atoms with Crippen molar-refractivity contribution in [3.05, 3.63) is 70.9 Å². The number of hydrogen-bond acceptors (Lipinski definition) is 5. The summed E-state index contributed by atoms with van der Waals surface area (Å²) in [7, 11) is 0. The van der Waals surface area contributed by atoms with Gasteiger partial charge < -0.3 is 20.1 Å². The summed E-state index contributed by atoms with van der Waals surface area (Å²) < 4.78 is 18.9. The number of aromatic nitrogens is 2. The molecule has 1 aromatic heterocycles.